The van der Waals surface area contributed by atoms with Crippen LogP contribution >= 0.6 is 0 Å². The summed E-state index contributed by atoms with van der Waals surface area (Å²) in [6.07, 6.45) is 2.62. The van der Waals surface area contributed by atoms with Crippen LogP contribution in [0.25, 0.3) is 0 Å². The molecule has 0 aliphatic carbocycles. The molecule has 0 aliphatic rings. The van der Waals surface area contributed by atoms with E-state index in [0.29, 0.717) is 0 Å². The molecule has 0 aromatic heterocycles. The van der Waals surface area contributed by atoms with Gasteiger partial charge in [-0.1, -0.05) is 39.3 Å². The molecule has 0 amide bonds. The van der Waals surface area contributed by atoms with Gasteiger partial charge >= 0.3 is 0 Å². The van der Waals surface area contributed by atoms with Crippen molar-refractivity contribution < 1.29 is 0 Å². The fraction of sp³-hybridized carbons (Fsp3) is 0.800. The van der Waals surface area contributed by atoms with Crippen LogP contribution in [0, 0.1) is 0 Å². The van der Waals surface area contributed by atoms with E-state index in [1.807, 2.05) is 0 Å². The fourth-order valence-corrected chi connectivity index (χ4v) is 4.83. The third-order valence-electron chi connectivity index (χ3n) is 2.80. The molecule has 0 saturated heterocycles. The van der Waals surface area contributed by atoms with E-state index in [-0.39, 0.29) is 0 Å². The number of rotatable bonds is 6. The minimum absolute atomic E-state index is 0.756. The molecule has 0 aromatic carbocycles. The van der Waals surface area contributed by atoms with Gasteiger partial charge in [-0.2, -0.15) is 0 Å². The Morgan fingerprint density at radius 1 is 1.50 bits per heavy atom. The van der Waals surface area contributed by atoms with Crippen molar-refractivity contribution in [3.63, 3.8) is 0 Å². The first-order chi connectivity index (χ1) is 5.63. The van der Waals surface area contributed by atoms with E-state index >= 15 is 0 Å². The number of nitrogens with one attached hydrogen (secondary N) is 1. The molecule has 12 heavy (non-hydrogen) atoms. The monoisotopic (exact) mass is 185 g/mol. The van der Waals surface area contributed by atoms with Crippen molar-refractivity contribution in [2.24, 2.45) is 0 Å². The molecular formula is C10H23NSi. The van der Waals surface area contributed by atoms with Crippen molar-refractivity contribution >= 4 is 8.24 Å². The SMILES string of the molecule is C=C[Si](CCCC)(NC)C(C)C. The Morgan fingerprint density at radius 3 is 2.33 bits per heavy atom. The van der Waals surface area contributed by atoms with Gasteiger partial charge in [0.05, 0.1) is 0 Å². The Bertz CT molecular complexity index is 134. The largest absolute Gasteiger partial charge is 0.337 e. The lowest BCUT2D eigenvalue weighted by Gasteiger charge is -2.31. The predicted molar refractivity (Wildman–Crippen MR) is 59.8 cm³/mol. The molecule has 0 bridgehead atoms. The van der Waals surface area contributed by atoms with Gasteiger partial charge in [-0.15, -0.1) is 6.58 Å². The highest BCUT2D eigenvalue weighted by molar-refractivity contribution is 6.83. The molecule has 1 atom stereocenters. The molecular weight excluding hydrogens is 162 g/mol. The van der Waals surface area contributed by atoms with Crippen LogP contribution in [0.3, 0.4) is 0 Å². The Balaban J connectivity index is 4.25. The van der Waals surface area contributed by atoms with Crippen molar-refractivity contribution in [2.45, 2.75) is 45.2 Å². The maximum atomic E-state index is 3.98. The van der Waals surface area contributed by atoms with E-state index in [4.69, 9.17) is 0 Å². The van der Waals surface area contributed by atoms with Crippen LogP contribution in [0.15, 0.2) is 12.3 Å². The zero-order valence-corrected chi connectivity index (χ0v) is 9.98. The minimum atomic E-state index is -1.33. The van der Waals surface area contributed by atoms with Crippen LogP contribution in [0.1, 0.15) is 33.6 Å². The van der Waals surface area contributed by atoms with Crippen LogP contribution in [0.5, 0.6) is 0 Å². The molecule has 1 N–H and O–H groups in total. The smallest absolute Gasteiger partial charge is 0.152 e. The summed E-state index contributed by atoms with van der Waals surface area (Å²) >= 11 is 0. The highest BCUT2D eigenvalue weighted by atomic mass is 28.3. The van der Waals surface area contributed by atoms with Crippen LogP contribution in [-0.4, -0.2) is 15.3 Å². The average molecular weight is 185 g/mol. The lowest BCUT2D eigenvalue weighted by molar-refractivity contribution is 0.826. The molecule has 0 aliphatic heterocycles. The molecule has 1 nitrogen and oxygen atoms in total. The Labute approximate surface area is 78.3 Å². The minimum Gasteiger partial charge on any atom is -0.337 e. The van der Waals surface area contributed by atoms with E-state index in [1.165, 1.54) is 18.9 Å². The van der Waals surface area contributed by atoms with Crippen molar-refractivity contribution in [1.82, 2.24) is 4.98 Å². The number of unbranched alkanes of at least 4 members (excludes halogenated alkanes) is 1. The van der Waals surface area contributed by atoms with Crippen LogP contribution in [-0.2, 0) is 0 Å². The van der Waals surface area contributed by atoms with E-state index in [2.05, 4.69) is 45.1 Å². The topological polar surface area (TPSA) is 12.0 Å². The van der Waals surface area contributed by atoms with Crippen molar-refractivity contribution in [1.29, 1.82) is 0 Å². The summed E-state index contributed by atoms with van der Waals surface area (Å²) in [6.45, 7) is 10.8. The summed E-state index contributed by atoms with van der Waals surface area (Å²) in [7, 11) is 0.759. The lowest BCUT2D eigenvalue weighted by Crippen LogP contribution is -2.49. The van der Waals surface area contributed by atoms with Gasteiger partial charge in [-0.05, 0) is 18.6 Å². The van der Waals surface area contributed by atoms with E-state index in [1.54, 1.807) is 0 Å². The van der Waals surface area contributed by atoms with Gasteiger partial charge < -0.3 is 4.98 Å². The highest BCUT2D eigenvalue weighted by Crippen LogP contribution is 2.24. The molecule has 0 fully saturated rings. The zero-order valence-electron chi connectivity index (χ0n) is 8.98. The number of hydrogen-bond donors (Lipinski definition) is 1. The van der Waals surface area contributed by atoms with E-state index < -0.39 is 8.24 Å². The Kier molecular flexibility index (Phi) is 5.50. The number of hydrogen-bond acceptors (Lipinski definition) is 1. The van der Waals surface area contributed by atoms with Gasteiger partial charge in [-0.3, -0.25) is 0 Å². The van der Waals surface area contributed by atoms with Crippen LogP contribution < -0.4 is 4.98 Å². The third-order valence-corrected chi connectivity index (χ3v) is 7.70. The molecule has 0 radical (unpaired) electrons. The molecule has 0 rings (SSSR count). The molecule has 1 unspecified atom stereocenters. The van der Waals surface area contributed by atoms with Crippen molar-refractivity contribution in [3.8, 4) is 0 Å². The summed E-state index contributed by atoms with van der Waals surface area (Å²) in [6, 6.07) is 1.33. The summed E-state index contributed by atoms with van der Waals surface area (Å²) in [5.74, 6) is 0. The summed E-state index contributed by atoms with van der Waals surface area (Å²) in [5.41, 5.74) is 2.96. The summed E-state index contributed by atoms with van der Waals surface area (Å²) < 4.78 is 0. The molecule has 0 heterocycles. The van der Waals surface area contributed by atoms with E-state index in [0.717, 1.165) is 5.54 Å². The van der Waals surface area contributed by atoms with Crippen LogP contribution in [0.2, 0.25) is 11.6 Å². The predicted octanol–water partition coefficient (Wildman–Crippen LogP) is 3.09. The van der Waals surface area contributed by atoms with Gasteiger partial charge in [0.1, 0.15) is 0 Å². The van der Waals surface area contributed by atoms with Gasteiger partial charge in [0.25, 0.3) is 0 Å². The second-order valence-corrected chi connectivity index (χ2v) is 8.40. The summed E-state index contributed by atoms with van der Waals surface area (Å²) in [5, 5.41) is 0. The fourth-order valence-electron chi connectivity index (χ4n) is 1.61. The Morgan fingerprint density at radius 2 is 2.08 bits per heavy atom. The normalized spacial score (nSPS) is 16.1. The molecule has 72 valence electrons. The van der Waals surface area contributed by atoms with E-state index in [9.17, 15) is 0 Å². The first kappa shape index (κ1) is 11.9. The second-order valence-electron chi connectivity index (χ2n) is 3.75. The van der Waals surface area contributed by atoms with Crippen molar-refractivity contribution in [2.75, 3.05) is 7.05 Å². The average Bonchev–Trinajstić information content (AvgIpc) is 2.07. The lowest BCUT2D eigenvalue weighted by atomic mass is 10.4. The standard InChI is InChI=1S/C10H23NSi/c1-6-8-9-12(7-2,11-5)10(3)4/h7,10-11H,2,6,8-9H2,1,3-5H3. The molecule has 2 heteroatoms. The van der Waals surface area contributed by atoms with Gasteiger partial charge in [0.15, 0.2) is 8.24 Å². The van der Waals surface area contributed by atoms with Gasteiger partial charge in [0.2, 0.25) is 0 Å². The Hall–Kier alpha value is -0.0831. The zero-order chi connectivity index (χ0) is 9.61. The second kappa shape index (κ2) is 5.54. The summed E-state index contributed by atoms with van der Waals surface area (Å²) in [4.78, 5) is 3.52. The molecule has 0 aromatic rings. The maximum Gasteiger partial charge on any atom is 0.152 e. The maximum absolute atomic E-state index is 3.98. The van der Waals surface area contributed by atoms with Crippen molar-refractivity contribution in [3.05, 3.63) is 12.3 Å². The van der Waals surface area contributed by atoms with Crippen LogP contribution in [0.4, 0.5) is 0 Å². The first-order valence-corrected chi connectivity index (χ1v) is 7.31. The molecule has 0 saturated carbocycles. The highest BCUT2D eigenvalue weighted by Gasteiger charge is 2.30. The van der Waals surface area contributed by atoms with Gasteiger partial charge in [0, 0.05) is 0 Å². The first-order valence-electron chi connectivity index (χ1n) is 4.95. The van der Waals surface area contributed by atoms with Gasteiger partial charge in [-0.25, -0.2) is 0 Å². The quantitative estimate of drug-likeness (QED) is 0.627. The molecule has 0 spiro atoms. The third kappa shape index (κ3) is 2.76.